The largest absolute Gasteiger partial charge is 0.454 e. The molecule has 1 aliphatic rings. The zero-order chi connectivity index (χ0) is 16.2. The molecular weight excluding hydrogens is 321 g/mol. The van der Waals surface area contributed by atoms with Crippen molar-refractivity contribution in [2.45, 2.75) is 12.8 Å². The van der Waals surface area contributed by atoms with Crippen LogP contribution in [0.2, 0.25) is 5.02 Å². The van der Waals surface area contributed by atoms with E-state index in [-0.39, 0.29) is 29.7 Å². The van der Waals surface area contributed by atoms with Gasteiger partial charge < -0.3 is 14.8 Å². The molecule has 2 aromatic carbocycles. The maximum absolute atomic E-state index is 13.6. The van der Waals surface area contributed by atoms with E-state index >= 15 is 0 Å². The molecule has 120 valence electrons. The molecule has 1 N–H and O–H groups in total. The third-order valence-electron chi connectivity index (χ3n) is 3.57. The van der Waals surface area contributed by atoms with Gasteiger partial charge >= 0.3 is 0 Å². The fourth-order valence-electron chi connectivity index (χ4n) is 2.37. The Hall–Kier alpha value is -2.27. The molecule has 3 rings (SSSR count). The Bertz CT molecular complexity index is 716. The van der Waals surface area contributed by atoms with Crippen molar-refractivity contribution in [2.24, 2.45) is 0 Å². The highest BCUT2D eigenvalue weighted by atomic mass is 35.5. The molecule has 2 aromatic rings. The van der Waals surface area contributed by atoms with Crippen LogP contribution in [0, 0.1) is 5.82 Å². The number of hydrogen-bond acceptors (Lipinski definition) is 3. The second kappa shape index (κ2) is 6.87. The highest BCUT2D eigenvalue weighted by molar-refractivity contribution is 6.31. The second-order valence-electron chi connectivity index (χ2n) is 5.16. The fourth-order valence-corrected chi connectivity index (χ4v) is 2.60. The average Bonchev–Trinajstić information content (AvgIpc) is 2.99. The third kappa shape index (κ3) is 3.74. The molecule has 1 heterocycles. The van der Waals surface area contributed by atoms with E-state index in [2.05, 4.69) is 5.32 Å². The molecule has 0 aromatic heterocycles. The van der Waals surface area contributed by atoms with Crippen LogP contribution in [0.4, 0.5) is 4.39 Å². The second-order valence-corrected chi connectivity index (χ2v) is 5.57. The summed E-state index contributed by atoms with van der Waals surface area (Å²) in [6.07, 6.45) is 0.569. The molecule has 0 fully saturated rings. The van der Waals surface area contributed by atoms with E-state index < -0.39 is 5.82 Å². The van der Waals surface area contributed by atoms with E-state index in [1.165, 1.54) is 12.1 Å². The summed E-state index contributed by atoms with van der Waals surface area (Å²) in [4.78, 5) is 11.9. The van der Waals surface area contributed by atoms with Gasteiger partial charge in [0.1, 0.15) is 5.82 Å². The van der Waals surface area contributed by atoms with Crippen LogP contribution in [-0.2, 0) is 17.6 Å². The molecule has 0 saturated heterocycles. The highest BCUT2D eigenvalue weighted by Crippen LogP contribution is 2.32. The molecule has 6 heteroatoms. The van der Waals surface area contributed by atoms with E-state index in [9.17, 15) is 9.18 Å². The van der Waals surface area contributed by atoms with Gasteiger partial charge in [0.25, 0.3) is 0 Å². The van der Waals surface area contributed by atoms with E-state index in [1.807, 2.05) is 18.2 Å². The number of carbonyl (C=O) groups is 1. The first-order valence-electron chi connectivity index (χ1n) is 7.21. The van der Waals surface area contributed by atoms with Gasteiger partial charge in [-0.25, -0.2) is 4.39 Å². The number of nitrogens with one attached hydrogen (secondary N) is 1. The Kier molecular flexibility index (Phi) is 4.67. The molecular formula is C17H15ClFNO3. The molecule has 0 bridgehead atoms. The van der Waals surface area contributed by atoms with Gasteiger partial charge in [-0.1, -0.05) is 23.7 Å². The van der Waals surface area contributed by atoms with Gasteiger partial charge in [0.15, 0.2) is 11.5 Å². The summed E-state index contributed by atoms with van der Waals surface area (Å²) in [7, 11) is 0. The lowest BCUT2D eigenvalue weighted by Crippen LogP contribution is -2.27. The van der Waals surface area contributed by atoms with Gasteiger partial charge in [0, 0.05) is 17.1 Å². The summed E-state index contributed by atoms with van der Waals surface area (Å²) in [5.74, 6) is 0.708. The lowest BCUT2D eigenvalue weighted by Gasteiger charge is -2.08. The van der Waals surface area contributed by atoms with Crippen LogP contribution in [0.25, 0.3) is 0 Å². The van der Waals surface area contributed by atoms with Crippen molar-refractivity contribution < 1.29 is 18.7 Å². The van der Waals surface area contributed by atoms with E-state index in [0.717, 1.165) is 11.3 Å². The van der Waals surface area contributed by atoms with E-state index in [1.54, 1.807) is 6.07 Å². The minimum absolute atomic E-state index is 0.0767. The maximum Gasteiger partial charge on any atom is 0.231 e. The van der Waals surface area contributed by atoms with Crippen LogP contribution < -0.4 is 14.8 Å². The summed E-state index contributed by atoms with van der Waals surface area (Å²) in [5, 5.41) is 3.03. The number of halogens is 2. The molecule has 0 radical (unpaired) electrons. The number of fused-ring (bicyclic) bond motifs is 1. The third-order valence-corrected chi connectivity index (χ3v) is 3.93. The number of amides is 1. The van der Waals surface area contributed by atoms with Crippen molar-refractivity contribution in [3.63, 3.8) is 0 Å². The summed E-state index contributed by atoms with van der Waals surface area (Å²) in [6.45, 7) is 0.684. The first-order valence-corrected chi connectivity index (χ1v) is 7.59. The Morgan fingerprint density at radius 1 is 1.22 bits per heavy atom. The van der Waals surface area contributed by atoms with Crippen molar-refractivity contribution in [2.75, 3.05) is 13.3 Å². The summed E-state index contributed by atoms with van der Waals surface area (Å²) in [6, 6.07) is 10.0. The molecule has 4 nitrogen and oxygen atoms in total. The molecule has 0 atom stereocenters. The fraction of sp³-hybridized carbons (Fsp3) is 0.235. The Morgan fingerprint density at radius 2 is 2.04 bits per heavy atom. The molecule has 1 amide bonds. The monoisotopic (exact) mass is 335 g/mol. The number of ether oxygens (including phenoxy) is 2. The van der Waals surface area contributed by atoms with Crippen LogP contribution in [0.15, 0.2) is 36.4 Å². The minimum atomic E-state index is -0.469. The van der Waals surface area contributed by atoms with Crippen LogP contribution in [0.5, 0.6) is 11.5 Å². The van der Waals surface area contributed by atoms with Crippen molar-refractivity contribution in [3.05, 3.63) is 58.4 Å². The van der Waals surface area contributed by atoms with Gasteiger partial charge in [-0.2, -0.15) is 0 Å². The van der Waals surface area contributed by atoms with E-state index in [0.29, 0.717) is 18.7 Å². The predicted octanol–water partition coefficient (Wildman–Crippen LogP) is 3.11. The SMILES string of the molecule is O=C(Cc1c(F)cccc1Cl)NCCc1ccc2c(c1)OCO2. The van der Waals surface area contributed by atoms with Gasteiger partial charge in [-0.15, -0.1) is 0 Å². The first-order chi connectivity index (χ1) is 11.1. The van der Waals surface area contributed by atoms with Gasteiger partial charge in [-0.3, -0.25) is 4.79 Å². The molecule has 0 spiro atoms. The number of carbonyl (C=O) groups excluding carboxylic acids is 1. The van der Waals surface area contributed by atoms with Gasteiger partial charge in [0.2, 0.25) is 12.7 Å². The quantitative estimate of drug-likeness (QED) is 0.913. The Morgan fingerprint density at radius 3 is 2.87 bits per heavy atom. The summed E-state index contributed by atoms with van der Waals surface area (Å²) >= 11 is 5.91. The van der Waals surface area contributed by atoms with Gasteiger partial charge in [0.05, 0.1) is 6.42 Å². The lowest BCUT2D eigenvalue weighted by molar-refractivity contribution is -0.120. The molecule has 23 heavy (non-hydrogen) atoms. The minimum Gasteiger partial charge on any atom is -0.454 e. The lowest BCUT2D eigenvalue weighted by atomic mass is 10.1. The highest BCUT2D eigenvalue weighted by Gasteiger charge is 2.14. The van der Waals surface area contributed by atoms with Crippen molar-refractivity contribution in [3.8, 4) is 11.5 Å². The molecule has 0 saturated carbocycles. The smallest absolute Gasteiger partial charge is 0.231 e. The summed E-state index contributed by atoms with van der Waals surface area (Å²) < 4.78 is 24.2. The number of rotatable bonds is 5. The van der Waals surface area contributed by atoms with Crippen LogP contribution in [0.1, 0.15) is 11.1 Å². The van der Waals surface area contributed by atoms with E-state index in [4.69, 9.17) is 21.1 Å². The topological polar surface area (TPSA) is 47.6 Å². The average molecular weight is 336 g/mol. The number of hydrogen-bond donors (Lipinski definition) is 1. The van der Waals surface area contributed by atoms with Crippen molar-refractivity contribution in [1.82, 2.24) is 5.32 Å². The van der Waals surface area contributed by atoms with Crippen LogP contribution in [-0.4, -0.2) is 19.2 Å². The van der Waals surface area contributed by atoms with Crippen molar-refractivity contribution >= 4 is 17.5 Å². The maximum atomic E-state index is 13.6. The zero-order valence-corrected chi connectivity index (χ0v) is 13.0. The Balaban J connectivity index is 1.51. The Labute approximate surface area is 138 Å². The predicted molar refractivity (Wildman–Crippen MR) is 84.4 cm³/mol. The zero-order valence-electron chi connectivity index (χ0n) is 12.3. The summed E-state index contributed by atoms with van der Waals surface area (Å²) in [5.41, 5.74) is 1.24. The number of benzene rings is 2. The first kappa shape index (κ1) is 15.6. The molecule has 0 aliphatic carbocycles. The van der Waals surface area contributed by atoms with Gasteiger partial charge in [-0.05, 0) is 36.2 Å². The molecule has 1 aliphatic heterocycles. The van der Waals surface area contributed by atoms with Crippen LogP contribution in [0.3, 0.4) is 0 Å². The van der Waals surface area contributed by atoms with Crippen molar-refractivity contribution in [1.29, 1.82) is 0 Å². The standard InChI is InChI=1S/C17H15ClFNO3/c18-13-2-1-3-14(19)12(13)9-17(21)20-7-6-11-4-5-15-16(8-11)23-10-22-15/h1-5,8H,6-7,9-10H2,(H,20,21). The molecule has 0 unspecified atom stereocenters. The van der Waals surface area contributed by atoms with Crippen LogP contribution >= 0.6 is 11.6 Å². The normalized spacial score (nSPS) is 12.3.